The van der Waals surface area contributed by atoms with Gasteiger partial charge in [-0.1, -0.05) is 57.3 Å². The minimum absolute atomic E-state index is 0.345. The summed E-state index contributed by atoms with van der Waals surface area (Å²) in [6.45, 7) is 9.73. The van der Waals surface area contributed by atoms with E-state index in [4.69, 9.17) is 18.0 Å². The van der Waals surface area contributed by atoms with E-state index in [0.717, 1.165) is 24.2 Å². The Morgan fingerprint density at radius 3 is 2.48 bits per heavy atom. The highest BCUT2D eigenvalue weighted by molar-refractivity contribution is 7.80. The van der Waals surface area contributed by atoms with Crippen LogP contribution < -0.4 is 5.73 Å². The first-order valence-electron chi connectivity index (χ1n) is 7.57. The molecule has 2 unspecified atom stereocenters. The lowest BCUT2D eigenvalue weighted by Crippen LogP contribution is -2.29. The maximum atomic E-state index is 10.4. The van der Waals surface area contributed by atoms with Gasteiger partial charge in [-0.2, -0.15) is 0 Å². The Bertz CT molecular complexity index is 493. The van der Waals surface area contributed by atoms with Gasteiger partial charge >= 0.3 is 0 Å². The highest BCUT2D eigenvalue weighted by Crippen LogP contribution is 2.34. The summed E-state index contributed by atoms with van der Waals surface area (Å²) in [5.74, 6) is 0.710. The molecule has 116 valence electrons. The molecule has 0 amide bonds. The molecule has 0 saturated carbocycles. The number of rotatable bonds is 4. The molecule has 0 spiro atoms. The highest BCUT2D eigenvalue weighted by Gasteiger charge is 2.32. The van der Waals surface area contributed by atoms with E-state index in [2.05, 4.69) is 25.7 Å². The first kappa shape index (κ1) is 16.4. The Morgan fingerprint density at radius 2 is 2.00 bits per heavy atom. The predicted molar refractivity (Wildman–Crippen MR) is 91.3 cm³/mol. The maximum Gasteiger partial charge on any atom is 0.103 e. The summed E-state index contributed by atoms with van der Waals surface area (Å²) in [6, 6.07) is 7.58. The summed E-state index contributed by atoms with van der Waals surface area (Å²) < 4.78 is 0. The van der Waals surface area contributed by atoms with Crippen molar-refractivity contribution in [2.24, 2.45) is 17.1 Å². The number of β-amino-alcohol motifs (C(OH)–C–C–N with tert-alkyl or cyclic N) is 1. The monoisotopic (exact) mass is 306 g/mol. The van der Waals surface area contributed by atoms with Crippen molar-refractivity contribution < 1.29 is 5.11 Å². The van der Waals surface area contributed by atoms with Crippen LogP contribution in [0.15, 0.2) is 24.3 Å². The number of likely N-dealkylation sites (tertiary alicyclic amines) is 1. The summed E-state index contributed by atoms with van der Waals surface area (Å²) in [5.41, 5.74) is 7.70. The number of hydrogen-bond donors (Lipinski definition) is 2. The summed E-state index contributed by atoms with van der Waals surface area (Å²) in [7, 11) is 0. The van der Waals surface area contributed by atoms with E-state index in [0.29, 0.717) is 22.9 Å². The molecule has 0 aromatic heterocycles. The molecule has 2 rings (SSSR count). The number of hydrogen-bond acceptors (Lipinski definition) is 3. The van der Waals surface area contributed by atoms with Crippen molar-refractivity contribution in [1.82, 2.24) is 4.90 Å². The lowest BCUT2D eigenvalue weighted by atomic mass is 9.80. The number of nitrogens with two attached hydrogens (primary N) is 1. The molecule has 1 fully saturated rings. The van der Waals surface area contributed by atoms with Gasteiger partial charge in [-0.25, -0.2) is 0 Å². The van der Waals surface area contributed by atoms with Crippen LogP contribution in [0.3, 0.4) is 0 Å². The van der Waals surface area contributed by atoms with Crippen molar-refractivity contribution in [2.45, 2.75) is 33.3 Å². The molecule has 1 heterocycles. The summed E-state index contributed by atoms with van der Waals surface area (Å²) >= 11 is 4.94. The van der Waals surface area contributed by atoms with E-state index in [1.807, 2.05) is 24.3 Å². The Morgan fingerprint density at radius 1 is 1.38 bits per heavy atom. The lowest BCUT2D eigenvalue weighted by molar-refractivity contribution is 0.119. The molecule has 1 aromatic carbocycles. The second kappa shape index (κ2) is 6.42. The fraction of sp³-hybridized carbons (Fsp3) is 0.588. The van der Waals surface area contributed by atoms with Gasteiger partial charge in [0, 0.05) is 18.7 Å². The fourth-order valence-electron chi connectivity index (χ4n) is 2.92. The van der Waals surface area contributed by atoms with E-state index in [-0.39, 0.29) is 0 Å². The fourth-order valence-corrected chi connectivity index (χ4v) is 3.06. The second-order valence-electron chi connectivity index (χ2n) is 7.11. The van der Waals surface area contributed by atoms with Gasteiger partial charge in [0.05, 0.1) is 6.10 Å². The zero-order valence-corrected chi connectivity index (χ0v) is 14.0. The van der Waals surface area contributed by atoms with Crippen molar-refractivity contribution in [3.8, 4) is 0 Å². The van der Waals surface area contributed by atoms with Gasteiger partial charge in [-0.15, -0.1) is 0 Å². The molecule has 4 heteroatoms. The molecule has 0 bridgehead atoms. The first-order valence-corrected chi connectivity index (χ1v) is 7.98. The number of nitrogens with zero attached hydrogens (tertiary/aromatic N) is 1. The third kappa shape index (κ3) is 4.25. The molecule has 3 N–H and O–H groups in total. The SMILES string of the molecule is CC(C)(C)C1CCN(CC(O)c2ccc(C(N)=S)cc2)C1. The van der Waals surface area contributed by atoms with Gasteiger partial charge in [0.15, 0.2) is 0 Å². The van der Waals surface area contributed by atoms with Gasteiger partial charge in [0.25, 0.3) is 0 Å². The van der Waals surface area contributed by atoms with E-state index in [1.165, 1.54) is 6.42 Å². The van der Waals surface area contributed by atoms with Crippen LogP contribution in [-0.2, 0) is 0 Å². The number of benzene rings is 1. The van der Waals surface area contributed by atoms with Crippen LogP contribution in [-0.4, -0.2) is 34.6 Å². The minimum Gasteiger partial charge on any atom is -0.389 e. The van der Waals surface area contributed by atoms with Crippen molar-refractivity contribution in [1.29, 1.82) is 0 Å². The predicted octanol–water partition coefficient (Wildman–Crippen LogP) is 2.72. The topological polar surface area (TPSA) is 49.5 Å². The van der Waals surface area contributed by atoms with Gasteiger partial charge in [0.1, 0.15) is 4.99 Å². The maximum absolute atomic E-state index is 10.4. The zero-order valence-electron chi connectivity index (χ0n) is 13.2. The van der Waals surface area contributed by atoms with Crippen LogP contribution in [0.25, 0.3) is 0 Å². The van der Waals surface area contributed by atoms with Crippen LogP contribution >= 0.6 is 12.2 Å². The Labute approximate surface area is 133 Å². The van der Waals surface area contributed by atoms with Crippen LogP contribution in [0.1, 0.15) is 44.4 Å². The molecule has 0 aliphatic carbocycles. The third-order valence-electron chi connectivity index (χ3n) is 4.51. The largest absolute Gasteiger partial charge is 0.389 e. The van der Waals surface area contributed by atoms with Crippen LogP contribution in [0.4, 0.5) is 0 Å². The number of thiocarbonyl (C=S) groups is 1. The Balaban J connectivity index is 1.93. The molecule has 1 aliphatic rings. The first-order chi connectivity index (χ1) is 9.77. The van der Waals surface area contributed by atoms with E-state index in [9.17, 15) is 5.11 Å². The van der Waals surface area contributed by atoms with E-state index in [1.54, 1.807) is 0 Å². The molecule has 1 aromatic rings. The Kier molecular flexibility index (Phi) is 5.02. The average Bonchev–Trinajstić information content (AvgIpc) is 2.87. The van der Waals surface area contributed by atoms with E-state index >= 15 is 0 Å². The molecular weight excluding hydrogens is 280 g/mol. The molecule has 21 heavy (non-hydrogen) atoms. The highest BCUT2D eigenvalue weighted by atomic mass is 32.1. The summed E-state index contributed by atoms with van der Waals surface area (Å²) in [4.78, 5) is 2.76. The van der Waals surface area contributed by atoms with Crippen molar-refractivity contribution in [3.05, 3.63) is 35.4 Å². The van der Waals surface area contributed by atoms with Gasteiger partial charge in [0.2, 0.25) is 0 Å². The van der Waals surface area contributed by atoms with Crippen LogP contribution in [0, 0.1) is 11.3 Å². The van der Waals surface area contributed by atoms with Gasteiger partial charge in [-0.05, 0) is 29.9 Å². The smallest absolute Gasteiger partial charge is 0.103 e. The molecule has 1 aliphatic heterocycles. The van der Waals surface area contributed by atoms with Gasteiger partial charge in [-0.3, -0.25) is 0 Å². The minimum atomic E-state index is -0.455. The van der Waals surface area contributed by atoms with Crippen LogP contribution in [0.5, 0.6) is 0 Å². The lowest BCUT2D eigenvalue weighted by Gasteiger charge is -2.27. The van der Waals surface area contributed by atoms with Crippen LogP contribution in [0.2, 0.25) is 0 Å². The summed E-state index contributed by atoms with van der Waals surface area (Å²) in [5, 5.41) is 10.4. The van der Waals surface area contributed by atoms with Crippen molar-refractivity contribution >= 4 is 17.2 Å². The van der Waals surface area contributed by atoms with Gasteiger partial charge < -0.3 is 15.7 Å². The normalized spacial score (nSPS) is 21.4. The molecule has 0 radical (unpaired) electrons. The molecule has 3 nitrogen and oxygen atoms in total. The third-order valence-corrected chi connectivity index (χ3v) is 4.74. The van der Waals surface area contributed by atoms with E-state index < -0.39 is 6.10 Å². The molecular formula is C17H26N2OS. The molecule has 1 saturated heterocycles. The zero-order chi connectivity index (χ0) is 15.6. The number of aliphatic hydroxyl groups is 1. The standard InChI is InChI=1S/C17H26N2OS/c1-17(2,3)14-8-9-19(10-14)11-15(20)12-4-6-13(7-5-12)16(18)21/h4-7,14-15,20H,8-11H2,1-3H3,(H2,18,21). The molecule has 2 atom stereocenters. The second-order valence-corrected chi connectivity index (χ2v) is 7.55. The quantitative estimate of drug-likeness (QED) is 0.840. The van der Waals surface area contributed by atoms with Crippen molar-refractivity contribution in [3.63, 3.8) is 0 Å². The number of aliphatic hydroxyl groups excluding tert-OH is 1. The summed E-state index contributed by atoms with van der Waals surface area (Å²) in [6.07, 6.45) is 0.764. The van der Waals surface area contributed by atoms with Crippen molar-refractivity contribution in [2.75, 3.05) is 19.6 Å². The average molecular weight is 306 g/mol. The Hall–Kier alpha value is -0.970.